The van der Waals surface area contributed by atoms with Gasteiger partial charge in [0.25, 0.3) is 0 Å². The molecule has 0 radical (unpaired) electrons. The summed E-state index contributed by atoms with van der Waals surface area (Å²) < 4.78 is 2.40. The summed E-state index contributed by atoms with van der Waals surface area (Å²) in [5.41, 5.74) is 13.2. The van der Waals surface area contributed by atoms with Gasteiger partial charge in [0.15, 0.2) is 0 Å². The van der Waals surface area contributed by atoms with E-state index < -0.39 is 6.89 Å². The standard InChI is InChI=1S/C35H21N4P/c1-3-9-22(10-4-1)38-21-25-24-13-7-15-29-32(24)40-33-27(14-8-16-30(33)39(29)23-11-5-2-6-12-23)36-19-20-37(35(36)40)28-18-17-26(38)31(25)34(28)40/h1-21H. The van der Waals surface area contributed by atoms with Gasteiger partial charge in [0.05, 0.1) is 28.3 Å². The highest BCUT2D eigenvalue weighted by Crippen LogP contribution is 2.70. The van der Waals surface area contributed by atoms with Crippen LogP contribution >= 0.6 is 6.89 Å². The lowest BCUT2D eigenvalue weighted by atomic mass is 10.0. The second-order valence-corrected chi connectivity index (χ2v) is 14.2. The Morgan fingerprint density at radius 2 is 1.12 bits per heavy atom. The fourth-order valence-corrected chi connectivity index (χ4v) is 13.5. The van der Waals surface area contributed by atoms with Gasteiger partial charge in [-0.25, -0.2) is 0 Å². The SMILES string of the molecule is C1=CN2C3=P45c6c(cccc6N(c6ccccc6)c6cccc(c64)N13)-c1cn(-c3ccccc3)c3ccc2c5c13. The molecule has 1 atom stereocenters. The molecule has 5 aliphatic heterocycles. The molecule has 0 aliphatic carbocycles. The summed E-state index contributed by atoms with van der Waals surface area (Å²) in [7, 11) is 0. The highest BCUT2D eigenvalue weighted by Gasteiger charge is 2.58. The van der Waals surface area contributed by atoms with Gasteiger partial charge >= 0.3 is 0 Å². The van der Waals surface area contributed by atoms with E-state index in [2.05, 4.69) is 147 Å². The van der Waals surface area contributed by atoms with Gasteiger partial charge in [-0.3, -0.25) is 0 Å². The Morgan fingerprint density at radius 1 is 0.475 bits per heavy atom. The number of nitrogens with zero attached hydrogens (tertiary/aromatic N) is 4. The van der Waals surface area contributed by atoms with Gasteiger partial charge in [0, 0.05) is 63.7 Å². The molecule has 1 spiro atoms. The molecule has 6 heterocycles. The second kappa shape index (κ2) is 6.44. The lowest BCUT2D eigenvalue weighted by molar-refractivity contribution is 1.13. The highest BCUT2D eigenvalue weighted by molar-refractivity contribution is 7.98. The summed E-state index contributed by atoms with van der Waals surface area (Å²) >= 11 is 0. The molecule has 5 aliphatic rings. The number of hydrogen-bond acceptors (Lipinski definition) is 3. The van der Waals surface area contributed by atoms with Crippen molar-refractivity contribution >= 4 is 67.7 Å². The zero-order valence-corrected chi connectivity index (χ0v) is 22.3. The molecule has 0 saturated heterocycles. The third kappa shape index (κ3) is 1.92. The second-order valence-electron chi connectivity index (χ2n) is 11.1. The molecule has 0 N–H and O–H groups in total. The third-order valence-electron chi connectivity index (χ3n) is 9.37. The molecule has 0 fully saturated rings. The molecule has 0 saturated carbocycles. The van der Waals surface area contributed by atoms with Crippen LogP contribution in [0.4, 0.5) is 28.4 Å². The zero-order chi connectivity index (χ0) is 25.7. The zero-order valence-electron chi connectivity index (χ0n) is 21.4. The maximum atomic E-state index is 2.51. The summed E-state index contributed by atoms with van der Waals surface area (Å²) in [5, 5.41) is 5.98. The smallest absolute Gasteiger partial charge is 0.129 e. The van der Waals surface area contributed by atoms with Crippen LogP contribution in [0.3, 0.4) is 0 Å². The number of rotatable bonds is 2. The van der Waals surface area contributed by atoms with E-state index in [1.807, 2.05) is 0 Å². The topological polar surface area (TPSA) is 14.7 Å². The summed E-state index contributed by atoms with van der Waals surface area (Å²) in [6.45, 7) is -2.13. The van der Waals surface area contributed by atoms with E-state index in [-0.39, 0.29) is 0 Å². The van der Waals surface area contributed by atoms with E-state index in [1.165, 1.54) is 77.6 Å². The van der Waals surface area contributed by atoms with E-state index in [1.54, 1.807) is 0 Å². The molecule has 0 bridgehead atoms. The Hall–Kier alpha value is -4.92. The summed E-state index contributed by atoms with van der Waals surface area (Å²) in [6.07, 6.45) is 6.96. The quantitative estimate of drug-likeness (QED) is 0.227. The first-order valence-corrected chi connectivity index (χ1v) is 15.6. The number of fused-ring (bicyclic) bond motifs is 3. The Balaban J connectivity index is 1.40. The van der Waals surface area contributed by atoms with Crippen LogP contribution in [0, 0.1) is 0 Å². The molecule has 186 valence electrons. The summed E-state index contributed by atoms with van der Waals surface area (Å²) in [4.78, 5) is 7.50. The number of benzene rings is 5. The molecule has 6 aromatic rings. The molecule has 1 unspecified atom stereocenters. The van der Waals surface area contributed by atoms with Crippen LogP contribution in [-0.4, -0.2) is 10.1 Å². The van der Waals surface area contributed by atoms with Crippen molar-refractivity contribution in [2.45, 2.75) is 0 Å². The first kappa shape index (κ1) is 20.0. The maximum Gasteiger partial charge on any atom is 0.129 e. The minimum atomic E-state index is -2.13. The third-order valence-corrected chi connectivity index (χ3v) is 13.8. The molecule has 4 nitrogen and oxygen atoms in total. The van der Waals surface area contributed by atoms with Gasteiger partial charge in [-0.2, -0.15) is 0 Å². The lowest BCUT2D eigenvalue weighted by Crippen LogP contribution is -2.38. The van der Waals surface area contributed by atoms with Crippen LogP contribution < -0.4 is 30.6 Å². The van der Waals surface area contributed by atoms with Gasteiger partial charge in [0.1, 0.15) is 5.54 Å². The van der Waals surface area contributed by atoms with Crippen molar-refractivity contribution in [3.05, 3.63) is 128 Å². The molecule has 5 heteroatoms. The monoisotopic (exact) mass is 528 g/mol. The Morgan fingerprint density at radius 3 is 1.90 bits per heavy atom. The number of anilines is 5. The fourth-order valence-electron chi connectivity index (χ4n) is 8.06. The predicted octanol–water partition coefficient (Wildman–Crippen LogP) is 6.90. The van der Waals surface area contributed by atoms with E-state index >= 15 is 0 Å². The minimum absolute atomic E-state index is 1.20. The largest absolute Gasteiger partial charge is 0.316 e. The van der Waals surface area contributed by atoms with Gasteiger partial charge in [-0.1, -0.05) is 54.6 Å². The first-order valence-electron chi connectivity index (χ1n) is 13.8. The van der Waals surface area contributed by atoms with Gasteiger partial charge in [0.2, 0.25) is 0 Å². The van der Waals surface area contributed by atoms with Gasteiger partial charge in [-0.05, 0) is 60.2 Å². The first-order chi connectivity index (χ1) is 19.9. The van der Waals surface area contributed by atoms with E-state index in [0.29, 0.717) is 0 Å². The van der Waals surface area contributed by atoms with Crippen LogP contribution in [0.1, 0.15) is 0 Å². The average Bonchev–Trinajstić information content (AvgIpc) is 3.75. The van der Waals surface area contributed by atoms with Crippen molar-refractivity contribution in [1.29, 1.82) is 0 Å². The molecule has 40 heavy (non-hydrogen) atoms. The lowest BCUT2D eigenvalue weighted by Gasteiger charge is -2.42. The highest BCUT2D eigenvalue weighted by atomic mass is 31.2. The normalized spacial score (nSPS) is 19.3. The fraction of sp³-hybridized carbons (Fsp3) is 0. The summed E-state index contributed by atoms with van der Waals surface area (Å²) in [5.74, 6) is 0. The van der Waals surface area contributed by atoms with Gasteiger partial charge < -0.3 is 19.3 Å². The van der Waals surface area contributed by atoms with Crippen LogP contribution in [-0.2, 0) is 0 Å². The van der Waals surface area contributed by atoms with Crippen molar-refractivity contribution < 1.29 is 0 Å². The van der Waals surface area contributed by atoms with Crippen molar-refractivity contribution in [3.8, 4) is 16.8 Å². The van der Waals surface area contributed by atoms with Crippen LogP contribution in [0.15, 0.2) is 128 Å². The van der Waals surface area contributed by atoms with Crippen molar-refractivity contribution in [2.75, 3.05) is 14.7 Å². The average molecular weight is 529 g/mol. The van der Waals surface area contributed by atoms with Gasteiger partial charge in [-0.15, -0.1) is 0 Å². The molecular formula is C35H21N4P. The van der Waals surface area contributed by atoms with E-state index in [9.17, 15) is 0 Å². The molecule has 1 aromatic heterocycles. The van der Waals surface area contributed by atoms with E-state index in [4.69, 9.17) is 0 Å². The maximum absolute atomic E-state index is 2.51. The van der Waals surface area contributed by atoms with Crippen molar-refractivity contribution in [3.63, 3.8) is 0 Å². The molecule has 5 aromatic carbocycles. The molecule has 0 amide bonds. The molecular weight excluding hydrogens is 507 g/mol. The van der Waals surface area contributed by atoms with Crippen molar-refractivity contribution in [1.82, 2.24) is 4.57 Å². The number of para-hydroxylation sites is 2. The Labute approximate surface area is 231 Å². The van der Waals surface area contributed by atoms with E-state index in [0.717, 1.165) is 0 Å². The summed E-state index contributed by atoms with van der Waals surface area (Å²) in [6, 6.07) is 40.3. The van der Waals surface area contributed by atoms with Crippen molar-refractivity contribution in [2.24, 2.45) is 0 Å². The van der Waals surface area contributed by atoms with Crippen LogP contribution in [0.5, 0.6) is 0 Å². The number of hydrogen-bond donors (Lipinski definition) is 0. The van der Waals surface area contributed by atoms with Crippen LogP contribution in [0.2, 0.25) is 0 Å². The number of aromatic nitrogens is 1. The predicted molar refractivity (Wildman–Crippen MR) is 168 cm³/mol. The Bertz CT molecular complexity index is 2240. The Kier molecular flexibility index (Phi) is 3.23. The minimum Gasteiger partial charge on any atom is -0.316 e. The van der Waals surface area contributed by atoms with Crippen LogP contribution in [0.25, 0.3) is 27.7 Å². The molecule has 11 rings (SSSR count).